The third kappa shape index (κ3) is 6.18. The number of thioether (sulfide) groups is 1. The summed E-state index contributed by atoms with van der Waals surface area (Å²) in [5, 5.41) is 3.71. The van der Waals surface area contributed by atoms with Gasteiger partial charge < -0.3 is 10.2 Å². The van der Waals surface area contributed by atoms with Gasteiger partial charge in [-0.25, -0.2) is 0 Å². The Labute approximate surface area is 204 Å². The Kier molecular flexibility index (Phi) is 7.73. The molecule has 0 unspecified atom stereocenters. The molecule has 0 radical (unpaired) electrons. The molecule has 2 atom stereocenters. The van der Waals surface area contributed by atoms with Crippen LogP contribution in [0, 0.1) is 0 Å². The lowest BCUT2D eigenvalue weighted by atomic mass is 10.1. The zero-order valence-corrected chi connectivity index (χ0v) is 20.1. The van der Waals surface area contributed by atoms with E-state index in [9.17, 15) is 9.59 Å². The van der Waals surface area contributed by atoms with E-state index in [-0.39, 0.29) is 23.2 Å². The predicted octanol–water partition coefficient (Wildman–Crippen LogP) is 5.87. The summed E-state index contributed by atoms with van der Waals surface area (Å²) in [4.78, 5) is 27.1. The molecule has 1 aliphatic rings. The lowest BCUT2D eigenvalue weighted by Gasteiger charge is -2.24. The summed E-state index contributed by atoms with van der Waals surface area (Å²) in [6.07, 6.45) is 1.81. The molecule has 0 spiro atoms. The Bertz CT molecular complexity index is 1090. The van der Waals surface area contributed by atoms with Gasteiger partial charge >= 0.3 is 0 Å². The monoisotopic (exact) mass is 478 g/mol. The van der Waals surface area contributed by atoms with Crippen molar-refractivity contribution in [2.24, 2.45) is 0 Å². The highest BCUT2D eigenvalue weighted by Crippen LogP contribution is 2.39. The molecule has 170 valence electrons. The molecule has 1 saturated heterocycles. The number of aryl methyl sites for hydroxylation is 1. The Balaban J connectivity index is 1.35. The van der Waals surface area contributed by atoms with Crippen LogP contribution >= 0.6 is 23.4 Å². The molecule has 3 aromatic carbocycles. The minimum absolute atomic E-state index is 0.0601. The maximum Gasteiger partial charge on any atom is 0.251 e. The summed E-state index contributed by atoms with van der Waals surface area (Å²) in [5.41, 5.74) is 3.97. The third-order valence-electron chi connectivity index (χ3n) is 5.78. The average Bonchev–Trinajstić information content (AvgIpc) is 3.20. The van der Waals surface area contributed by atoms with E-state index in [2.05, 4.69) is 17.4 Å². The zero-order valence-electron chi connectivity index (χ0n) is 18.5. The maximum atomic E-state index is 12.7. The van der Waals surface area contributed by atoms with Crippen LogP contribution in [0.3, 0.4) is 0 Å². The number of carbonyl (C=O) groups excluding carboxylic acids is 2. The van der Waals surface area contributed by atoms with Crippen LogP contribution in [-0.4, -0.2) is 28.5 Å². The standard InChI is InChI=1S/C27H27ClN2O2S/c1-19(7-8-20-5-3-2-4-6-20)29-26(32)22-11-13-23(14-12-22)27-30(25(31)18-33-27)17-21-9-15-24(28)16-10-21/h2-6,9-16,19,27H,7-8,17-18H2,1H3,(H,29,32)/t19-,27+/m1/s1. The number of halogens is 1. The van der Waals surface area contributed by atoms with Crippen molar-refractivity contribution in [2.45, 2.75) is 37.7 Å². The van der Waals surface area contributed by atoms with Gasteiger partial charge in [0.15, 0.2) is 0 Å². The molecule has 33 heavy (non-hydrogen) atoms. The van der Waals surface area contributed by atoms with Crippen LogP contribution in [-0.2, 0) is 17.8 Å². The van der Waals surface area contributed by atoms with E-state index in [4.69, 9.17) is 11.6 Å². The molecular formula is C27H27ClN2O2S. The molecule has 0 aromatic heterocycles. The third-order valence-corrected chi connectivity index (χ3v) is 7.29. The Morgan fingerprint density at radius 2 is 1.73 bits per heavy atom. The summed E-state index contributed by atoms with van der Waals surface area (Å²) in [5.74, 6) is 0.503. The van der Waals surface area contributed by atoms with Gasteiger partial charge in [0.2, 0.25) is 5.91 Å². The summed E-state index contributed by atoms with van der Waals surface area (Å²) in [6, 6.07) is 25.5. The quantitative estimate of drug-likeness (QED) is 0.440. The molecule has 4 nitrogen and oxygen atoms in total. The molecule has 2 amide bonds. The van der Waals surface area contributed by atoms with Gasteiger partial charge in [0.05, 0.1) is 5.75 Å². The average molecular weight is 479 g/mol. The Hall–Kier alpha value is -2.76. The largest absolute Gasteiger partial charge is 0.350 e. The minimum Gasteiger partial charge on any atom is -0.350 e. The van der Waals surface area contributed by atoms with E-state index in [1.165, 1.54) is 5.56 Å². The van der Waals surface area contributed by atoms with E-state index in [1.807, 2.05) is 78.6 Å². The van der Waals surface area contributed by atoms with E-state index in [0.29, 0.717) is 22.9 Å². The normalized spacial score (nSPS) is 16.6. The molecule has 1 aliphatic heterocycles. The van der Waals surface area contributed by atoms with Crippen molar-refractivity contribution in [3.63, 3.8) is 0 Å². The lowest BCUT2D eigenvalue weighted by Crippen LogP contribution is -2.33. The van der Waals surface area contributed by atoms with Gasteiger partial charge in [0, 0.05) is 23.2 Å². The fourth-order valence-electron chi connectivity index (χ4n) is 3.89. The van der Waals surface area contributed by atoms with Crippen molar-refractivity contribution in [1.82, 2.24) is 10.2 Å². The van der Waals surface area contributed by atoms with E-state index < -0.39 is 0 Å². The molecule has 1 fully saturated rings. The van der Waals surface area contributed by atoms with Gasteiger partial charge in [-0.05, 0) is 60.7 Å². The zero-order chi connectivity index (χ0) is 23.2. The summed E-state index contributed by atoms with van der Waals surface area (Å²) in [7, 11) is 0. The smallest absolute Gasteiger partial charge is 0.251 e. The van der Waals surface area contributed by atoms with Crippen LogP contribution < -0.4 is 5.32 Å². The fraction of sp³-hybridized carbons (Fsp3) is 0.259. The summed E-state index contributed by atoms with van der Waals surface area (Å²) >= 11 is 7.59. The highest BCUT2D eigenvalue weighted by Gasteiger charge is 2.32. The van der Waals surface area contributed by atoms with Crippen LogP contribution in [0.15, 0.2) is 78.9 Å². The van der Waals surface area contributed by atoms with Crippen molar-refractivity contribution in [3.05, 3.63) is 106 Å². The van der Waals surface area contributed by atoms with Crippen LogP contribution in [0.25, 0.3) is 0 Å². The van der Waals surface area contributed by atoms with Crippen LogP contribution in [0.4, 0.5) is 0 Å². The first kappa shape index (κ1) is 23.4. The predicted molar refractivity (Wildman–Crippen MR) is 135 cm³/mol. The minimum atomic E-state index is -0.0738. The maximum absolute atomic E-state index is 12.7. The number of benzene rings is 3. The molecule has 4 rings (SSSR count). The van der Waals surface area contributed by atoms with Crippen LogP contribution in [0.5, 0.6) is 0 Å². The van der Waals surface area contributed by atoms with E-state index >= 15 is 0 Å². The molecule has 3 aromatic rings. The van der Waals surface area contributed by atoms with Crippen molar-refractivity contribution in [1.29, 1.82) is 0 Å². The molecule has 1 heterocycles. The number of hydrogen-bond acceptors (Lipinski definition) is 3. The molecule has 6 heteroatoms. The SMILES string of the molecule is C[C@H](CCc1ccccc1)NC(=O)c1ccc([C@@H]2SCC(=O)N2Cc2ccc(Cl)cc2)cc1. The Morgan fingerprint density at radius 1 is 1.03 bits per heavy atom. The first-order valence-electron chi connectivity index (χ1n) is 11.1. The first-order valence-corrected chi connectivity index (χ1v) is 12.5. The number of rotatable bonds is 8. The van der Waals surface area contributed by atoms with Gasteiger partial charge in [0.25, 0.3) is 5.91 Å². The van der Waals surface area contributed by atoms with Gasteiger partial charge in [-0.2, -0.15) is 0 Å². The molecule has 0 bridgehead atoms. The van der Waals surface area contributed by atoms with Gasteiger partial charge in [-0.1, -0.05) is 66.2 Å². The van der Waals surface area contributed by atoms with E-state index in [0.717, 1.165) is 24.0 Å². The Morgan fingerprint density at radius 3 is 2.42 bits per heavy atom. The number of nitrogens with zero attached hydrogens (tertiary/aromatic N) is 1. The van der Waals surface area contributed by atoms with Gasteiger partial charge in [-0.15, -0.1) is 11.8 Å². The molecule has 0 aliphatic carbocycles. The van der Waals surface area contributed by atoms with Crippen molar-refractivity contribution < 1.29 is 9.59 Å². The number of nitrogens with one attached hydrogen (secondary N) is 1. The van der Waals surface area contributed by atoms with Crippen molar-refractivity contribution >= 4 is 35.2 Å². The summed E-state index contributed by atoms with van der Waals surface area (Å²) in [6.45, 7) is 2.57. The molecule has 1 N–H and O–H groups in total. The highest BCUT2D eigenvalue weighted by atomic mass is 35.5. The van der Waals surface area contributed by atoms with Crippen LogP contribution in [0.1, 0.15) is 45.8 Å². The lowest BCUT2D eigenvalue weighted by molar-refractivity contribution is -0.128. The molecular weight excluding hydrogens is 452 g/mol. The highest BCUT2D eigenvalue weighted by molar-refractivity contribution is 8.00. The van der Waals surface area contributed by atoms with Gasteiger partial charge in [0.1, 0.15) is 5.37 Å². The number of hydrogen-bond donors (Lipinski definition) is 1. The van der Waals surface area contributed by atoms with Crippen molar-refractivity contribution in [2.75, 3.05) is 5.75 Å². The summed E-state index contributed by atoms with van der Waals surface area (Å²) < 4.78 is 0. The van der Waals surface area contributed by atoms with Crippen molar-refractivity contribution in [3.8, 4) is 0 Å². The van der Waals surface area contributed by atoms with E-state index in [1.54, 1.807) is 11.8 Å². The number of amides is 2. The second-order valence-corrected chi connectivity index (χ2v) is 9.84. The second-order valence-electron chi connectivity index (χ2n) is 8.33. The van der Waals surface area contributed by atoms with Gasteiger partial charge in [-0.3, -0.25) is 9.59 Å². The number of carbonyl (C=O) groups is 2. The van der Waals surface area contributed by atoms with Crippen LogP contribution in [0.2, 0.25) is 5.02 Å². The topological polar surface area (TPSA) is 49.4 Å². The first-order chi connectivity index (χ1) is 16.0. The molecule has 0 saturated carbocycles. The fourth-order valence-corrected chi connectivity index (χ4v) is 5.21. The second kappa shape index (κ2) is 10.9.